The highest BCUT2D eigenvalue weighted by Crippen LogP contribution is 2.25. The number of rotatable bonds is 4. The first kappa shape index (κ1) is 13.6. The molecule has 18 heavy (non-hydrogen) atoms. The van der Waals surface area contributed by atoms with Gasteiger partial charge in [-0.25, -0.2) is 0 Å². The van der Waals surface area contributed by atoms with Gasteiger partial charge in [-0.15, -0.1) is 0 Å². The van der Waals surface area contributed by atoms with Crippen LogP contribution in [0.25, 0.3) is 0 Å². The molecule has 0 bridgehead atoms. The lowest BCUT2D eigenvalue weighted by Gasteiger charge is -2.19. The monoisotopic (exact) mass is 247 g/mol. The van der Waals surface area contributed by atoms with Crippen LogP contribution in [-0.2, 0) is 0 Å². The van der Waals surface area contributed by atoms with E-state index in [0.717, 1.165) is 30.4 Å². The summed E-state index contributed by atoms with van der Waals surface area (Å²) in [5.41, 5.74) is 2.27. The highest BCUT2D eigenvalue weighted by atomic mass is 16.3. The normalized spacial score (nSPS) is 26.4. The number of benzene rings is 1. The Morgan fingerprint density at radius 3 is 2.44 bits per heavy atom. The molecule has 0 aliphatic carbocycles. The fourth-order valence-electron chi connectivity index (χ4n) is 2.85. The smallest absolute Gasteiger partial charge is 0.0804 e. The summed E-state index contributed by atoms with van der Waals surface area (Å²) in [6.07, 6.45) is 0.516. The van der Waals surface area contributed by atoms with E-state index in [9.17, 15) is 5.11 Å². The van der Waals surface area contributed by atoms with E-state index in [2.05, 4.69) is 31.7 Å². The number of aliphatic hydroxyl groups excluding tert-OH is 1. The number of likely N-dealkylation sites (tertiary alicyclic amines) is 1. The first-order valence-corrected chi connectivity index (χ1v) is 7.04. The van der Waals surface area contributed by atoms with E-state index in [-0.39, 0.29) is 6.10 Å². The lowest BCUT2D eigenvalue weighted by atomic mass is 10.0. The molecule has 0 aromatic heterocycles. The van der Waals surface area contributed by atoms with Crippen LogP contribution in [0.3, 0.4) is 0 Å². The third-order valence-electron chi connectivity index (χ3n) is 4.33. The summed E-state index contributed by atoms with van der Waals surface area (Å²) in [6.45, 7) is 10.1. The van der Waals surface area contributed by atoms with Crippen molar-refractivity contribution in [2.75, 3.05) is 19.6 Å². The summed E-state index contributed by atoms with van der Waals surface area (Å²) in [6, 6.07) is 8.13. The van der Waals surface area contributed by atoms with Crippen molar-refractivity contribution in [2.24, 2.45) is 11.8 Å². The SMILES string of the molecule is Cc1ccccc1C(O)CCN1CC(C)C(C)C1. The molecule has 1 aliphatic rings. The van der Waals surface area contributed by atoms with E-state index in [4.69, 9.17) is 0 Å². The maximum Gasteiger partial charge on any atom is 0.0804 e. The zero-order valence-electron chi connectivity index (χ0n) is 11.8. The fourth-order valence-corrected chi connectivity index (χ4v) is 2.85. The van der Waals surface area contributed by atoms with Crippen LogP contribution in [0.4, 0.5) is 0 Å². The number of hydrogen-bond donors (Lipinski definition) is 1. The molecule has 1 aliphatic heterocycles. The first-order chi connectivity index (χ1) is 8.58. The van der Waals surface area contributed by atoms with Crippen LogP contribution >= 0.6 is 0 Å². The van der Waals surface area contributed by atoms with Crippen LogP contribution in [0.1, 0.15) is 37.5 Å². The summed E-state index contributed by atoms with van der Waals surface area (Å²) in [5, 5.41) is 10.3. The molecule has 0 saturated carbocycles. The molecule has 0 radical (unpaired) electrons. The van der Waals surface area contributed by atoms with Gasteiger partial charge < -0.3 is 10.0 Å². The van der Waals surface area contributed by atoms with Gasteiger partial charge in [0.05, 0.1) is 6.10 Å². The van der Waals surface area contributed by atoms with Crippen molar-refractivity contribution in [3.63, 3.8) is 0 Å². The summed E-state index contributed by atoms with van der Waals surface area (Å²) in [7, 11) is 0. The van der Waals surface area contributed by atoms with Crippen LogP contribution in [0, 0.1) is 18.8 Å². The second-order valence-electron chi connectivity index (χ2n) is 5.88. The standard InChI is InChI=1S/C16H25NO/c1-12-6-4-5-7-15(12)16(18)8-9-17-10-13(2)14(3)11-17/h4-7,13-14,16,18H,8-11H2,1-3H3. The van der Waals surface area contributed by atoms with Crippen molar-refractivity contribution >= 4 is 0 Å². The van der Waals surface area contributed by atoms with Crippen molar-refractivity contribution < 1.29 is 5.11 Å². The second kappa shape index (κ2) is 5.85. The molecule has 100 valence electrons. The van der Waals surface area contributed by atoms with Gasteiger partial charge >= 0.3 is 0 Å². The maximum absolute atomic E-state index is 10.3. The highest BCUT2D eigenvalue weighted by Gasteiger charge is 2.26. The number of aliphatic hydroxyl groups is 1. The van der Waals surface area contributed by atoms with Crippen LogP contribution in [-0.4, -0.2) is 29.6 Å². The van der Waals surface area contributed by atoms with E-state index in [1.807, 2.05) is 18.2 Å². The fraction of sp³-hybridized carbons (Fsp3) is 0.625. The molecule has 0 spiro atoms. The zero-order valence-corrected chi connectivity index (χ0v) is 11.8. The Kier molecular flexibility index (Phi) is 4.41. The van der Waals surface area contributed by atoms with Gasteiger partial charge in [-0.2, -0.15) is 0 Å². The van der Waals surface area contributed by atoms with Crippen LogP contribution < -0.4 is 0 Å². The van der Waals surface area contributed by atoms with Crippen molar-refractivity contribution in [3.05, 3.63) is 35.4 Å². The lowest BCUT2D eigenvalue weighted by Crippen LogP contribution is -2.23. The van der Waals surface area contributed by atoms with E-state index in [1.54, 1.807) is 0 Å². The van der Waals surface area contributed by atoms with Gasteiger partial charge in [0.2, 0.25) is 0 Å². The second-order valence-corrected chi connectivity index (χ2v) is 5.88. The van der Waals surface area contributed by atoms with Gasteiger partial charge in [-0.1, -0.05) is 38.1 Å². The molecule has 1 fully saturated rings. The average molecular weight is 247 g/mol. The molecule has 0 amide bonds. The largest absolute Gasteiger partial charge is 0.388 e. The molecule has 1 aromatic carbocycles. The van der Waals surface area contributed by atoms with Gasteiger partial charge in [-0.05, 0) is 36.3 Å². The Balaban J connectivity index is 1.86. The van der Waals surface area contributed by atoms with E-state index in [0.29, 0.717) is 0 Å². The molecule has 1 N–H and O–H groups in total. The molecule has 1 aromatic rings. The molecule has 1 saturated heterocycles. The van der Waals surface area contributed by atoms with Gasteiger partial charge in [0.1, 0.15) is 0 Å². The Bertz CT molecular complexity index is 380. The summed E-state index contributed by atoms with van der Waals surface area (Å²) in [5.74, 6) is 1.58. The number of hydrogen-bond acceptors (Lipinski definition) is 2. The Morgan fingerprint density at radius 1 is 1.22 bits per heavy atom. The molecule has 2 rings (SSSR count). The van der Waals surface area contributed by atoms with Crippen LogP contribution in [0.2, 0.25) is 0 Å². The maximum atomic E-state index is 10.3. The van der Waals surface area contributed by atoms with Gasteiger partial charge in [0, 0.05) is 19.6 Å². The van der Waals surface area contributed by atoms with Crippen LogP contribution in [0.5, 0.6) is 0 Å². The van der Waals surface area contributed by atoms with E-state index in [1.165, 1.54) is 18.7 Å². The molecule has 2 heteroatoms. The zero-order chi connectivity index (χ0) is 13.1. The van der Waals surface area contributed by atoms with Gasteiger partial charge in [-0.3, -0.25) is 0 Å². The van der Waals surface area contributed by atoms with Crippen LogP contribution in [0.15, 0.2) is 24.3 Å². The topological polar surface area (TPSA) is 23.5 Å². The molecular weight excluding hydrogens is 222 g/mol. The quantitative estimate of drug-likeness (QED) is 0.884. The highest BCUT2D eigenvalue weighted by molar-refractivity contribution is 5.27. The van der Waals surface area contributed by atoms with Crippen molar-refractivity contribution in [3.8, 4) is 0 Å². The number of nitrogens with zero attached hydrogens (tertiary/aromatic N) is 1. The van der Waals surface area contributed by atoms with E-state index >= 15 is 0 Å². The third-order valence-corrected chi connectivity index (χ3v) is 4.33. The Labute approximate surface area is 111 Å². The minimum atomic E-state index is -0.322. The molecule has 1 heterocycles. The molecule has 2 nitrogen and oxygen atoms in total. The van der Waals surface area contributed by atoms with Crippen molar-refractivity contribution in [1.82, 2.24) is 4.90 Å². The van der Waals surface area contributed by atoms with Crippen molar-refractivity contribution in [1.29, 1.82) is 0 Å². The Morgan fingerprint density at radius 2 is 1.83 bits per heavy atom. The molecule has 3 atom stereocenters. The first-order valence-electron chi connectivity index (χ1n) is 7.04. The number of aryl methyl sites for hydroxylation is 1. The minimum absolute atomic E-state index is 0.322. The van der Waals surface area contributed by atoms with Gasteiger partial charge in [0.25, 0.3) is 0 Å². The lowest BCUT2D eigenvalue weighted by molar-refractivity contribution is 0.147. The average Bonchev–Trinajstić information content (AvgIpc) is 2.66. The predicted molar refractivity (Wildman–Crippen MR) is 75.5 cm³/mol. The molecule has 3 unspecified atom stereocenters. The summed E-state index contributed by atoms with van der Waals surface area (Å²) in [4.78, 5) is 2.48. The summed E-state index contributed by atoms with van der Waals surface area (Å²) < 4.78 is 0. The minimum Gasteiger partial charge on any atom is -0.388 e. The third kappa shape index (κ3) is 3.12. The predicted octanol–water partition coefficient (Wildman–Crippen LogP) is 3.01. The molecular formula is C16H25NO. The van der Waals surface area contributed by atoms with Gasteiger partial charge in [0.15, 0.2) is 0 Å². The van der Waals surface area contributed by atoms with Crippen molar-refractivity contribution in [2.45, 2.75) is 33.3 Å². The van der Waals surface area contributed by atoms with E-state index < -0.39 is 0 Å². The summed E-state index contributed by atoms with van der Waals surface area (Å²) >= 11 is 0. The Hall–Kier alpha value is -0.860.